The molecule has 156 valence electrons. The van der Waals surface area contributed by atoms with Crippen LogP contribution >= 0.6 is 11.6 Å². The molecule has 3 atom stereocenters. The topological polar surface area (TPSA) is 89.5 Å². The van der Waals surface area contributed by atoms with Crippen LogP contribution < -0.4 is 14.8 Å². The summed E-state index contributed by atoms with van der Waals surface area (Å²) in [5, 5.41) is 14.1. The Morgan fingerprint density at radius 3 is 2.79 bits per heavy atom. The van der Waals surface area contributed by atoms with Crippen molar-refractivity contribution in [2.45, 2.75) is 51.3 Å². The fraction of sp³-hybridized carbons (Fsp3) is 0.381. The number of nitrogens with one attached hydrogen (secondary N) is 2. The lowest BCUT2D eigenvalue weighted by Crippen LogP contribution is -2.46. The molecule has 3 rings (SSSR count). The van der Waals surface area contributed by atoms with E-state index in [9.17, 15) is 9.66 Å². The minimum absolute atomic E-state index is 0.287. The van der Waals surface area contributed by atoms with Crippen LogP contribution in [0.25, 0.3) is 6.08 Å². The SMILES string of the molecule is CC(N[S+]([O-])C(C)(C)C)C1=Cc2cc(Cl)c(OCc3ccccn3)cc2NC1O. The van der Waals surface area contributed by atoms with Crippen molar-refractivity contribution in [1.29, 1.82) is 0 Å². The van der Waals surface area contributed by atoms with Gasteiger partial charge in [-0.15, -0.1) is 4.72 Å². The van der Waals surface area contributed by atoms with Gasteiger partial charge in [0.1, 0.15) is 23.3 Å². The van der Waals surface area contributed by atoms with Crippen LogP contribution in [0.15, 0.2) is 42.1 Å². The van der Waals surface area contributed by atoms with Crippen molar-refractivity contribution < 1.29 is 14.4 Å². The van der Waals surface area contributed by atoms with Crippen LogP contribution in [0.5, 0.6) is 5.75 Å². The number of aliphatic hydroxyl groups excluding tert-OH is 1. The van der Waals surface area contributed by atoms with Crippen molar-refractivity contribution >= 4 is 34.7 Å². The smallest absolute Gasteiger partial charge is 0.148 e. The fourth-order valence-electron chi connectivity index (χ4n) is 2.82. The van der Waals surface area contributed by atoms with Gasteiger partial charge in [-0.1, -0.05) is 17.7 Å². The first-order chi connectivity index (χ1) is 13.6. The van der Waals surface area contributed by atoms with Gasteiger partial charge in [-0.25, -0.2) is 0 Å². The summed E-state index contributed by atoms with van der Waals surface area (Å²) in [4.78, 5) is 4.23. The molecule has 3 N–H and O–H groups in total. The number of halogens is 1. The third kappa shape index (κ3) is 5.43. The van der Waals surface area contributed by atoms with Crippen LogP contribution in [0.2, 0.25) is 5.02 Å². The van der Waals surface area contributed by atoms with E-state index in [1.807, 2.05) is 52.0 Å². The predicted molar refractivity (Wildman–Crippen MR) is 118 cm³/mol. The highest BCUT2D eigenvalue weighted by Crippen LogP contribution is 2.36. The quantitative estimate of drug-likeness (QED) is 0.596. The van der Waals surface area contributed by atoms with E-state index in [2.05, 4.69) is 15.0 Å². The van der Waals surface area contributed by atoms with Crippen molar-refractivity contribution in [1.82, 2.24) is 9.71 Å². The molecule has 0 spiro atoms. The van der Waals surface area contributed by atoms with Gasteiger partial charge in [0.2, 0.25) is 0 Å². The minimum Gasteiger partial charge on any atom is -0.598 e. The second-order valence-electron chi connectivity index (χ2n) is 7.89. The highest BCUT2D eigenvalue weighted by molar-refractivity contribution is 7.90. The Balaban J connectivity index is 1.78. The summed E-state index contributed by atoms with van der Waals surface area (Å²) >= 11 is 5.15. The summed E-state index contributed by atoms with van der Waals surface area (Å²) in [5.74, 6) is 0.507. The molecule has 0 radical (unpaired) electrons. The van der Waals surface area contributed by atoms with Crippen molar-refractivity contribution in [2.75, 3.05) is 5.32 Å². The molecular formula is C21H26ClN3O3S. The summed E-state index contributed by atoms with van der Waals surface area (Å²) < 4.78 is 20.8. The van der Waals surface area contributed by atoms with Gasteiger partial charge in [-0.05, 0) is 57.5 Å². The van der Waals surface area contributed by atoms with Crippen molar-refractivity contribution in [2.24, 2.45) is 0 Å². The fourth-order valence-corrected chi connectivity index (χ4v) is 3.85. The van der Waals surface area contributed by atoms with Crippen LogP contribution in [-0.4, -0.2) is 31.7 Å². The average Bonchev–Trinajstić information content (AvgIpc) is 2.66. The molecule has 0 amide bonds. The van der Waals surface area contributed by atoms with Crippen LogP contribution in [0.3, 0.4) is 0 Å². The lowest BCUT2D eigenvalue weighted by Gasteiger charge is -2.31. The highest BCUT2D eigenvalue weighted by Gasteiger charge is 2.31. The van der Waals surface area contributed by atoms with Gasteiger partial charge in [0.25, 0.3) is 0 Å². The van der Waals surface area contributed by atoms with Gasteiger partial charge in [-0.2, -0.15) is 0 Å². The number of ether oxygens (including phenoxy) is 1. The Morgan fingerprint density at radius 1 is 1.38 bits per heavy atom. The van der Waals surface area contributed by atoms with Gasteiger partial charge in [0, 0.05) is 34.9 Å². The first kappa shape index (κ1) is 21.9. The van der Waals surface area contributed by atoms with E-state index in [1.54, 1.807) is 18.3 Å². The van der Waals surface area contributed by atoms with Crippen molar-refractivity contribution in [3.8, 4) is 5.75 Å². The monoisotopic (exact) mass is 435 g/mol. The summed E-state index contributed by atoms with van der Waals surface area (Å²) in [7, 11) is 0. The van der Waals surface area contributed by atoms with E-state index in [4.69, 9.17) is 16.3 Å². The molecule has 1 aromatic carbocycles. The molecule has 0 aliphatic carbocycles. The molecule has 2 aromatic rings. The Labute approximate surface area is 179 Å². The maximum Gasteiger partial charge on any atom is 0.148 e. The largest absolute Gasteiger partial charge is 0.598 e. The van der Waals surface area contributed by atoms with Crippen LogP contribution in [-0.2, 0) is 18.0 Å². The summed E-state index contributed by atoms with van der Waals surface area (Å²) in [6, 6.07) is 8.88. The van der Waals surface area contributed by atoms with Gasteiger partial charge >= 0.3 is 0 Å². The van der Waals surface area contributed by atoms with E-state index >= 15 is 0 Å². The van der Waals surface area contributed by atoms with E-state index in [0.717, 1.165) is 11.3 Å². The molecular weight excluding hydrogens is 410 g/mol. The molecule has 0 saturated heterocycles. The van der Waals surface area contributed by atoms with E-state index in [-0.39, 0.29) is 6.04 Å². The van der Waals surface area contributed by atoms with Gasteiger partial charge < -0.3 is 19.7 Å². The maximum absolute atomic E-state index is 12.4. The Kier molecular flexibility index (Phi) is 6.76. The number of anilines is 1. The van der Waals surface area contributed by atoms with Crippen molar-refractivity contribution in [3.63, 3.8) is 0 Å². The van der Waals surface area contributed by atoms with E-state index < -0.39 is 22.3 Å². The first-order valence-electron chi connectivity index (χ1n) is 9.35. The molecule has 0 fully saturated rings. The summed E-state index contributed by atoms with van der Waals surface area (Å²) in [6.07, 6.45) is 2.66. The van der Waals surface area contributed by atoms with Crippen LogP contribution in [0.1, 0.15) is 39.0 Å². The number of aromatic nitrogens is 1. The zero-order chi connectivity index (χ0) is 21.2. The molecule has 1 aromatic heterocycles. The van der Waals surface area contributed by atoms with Crippen molar-refractivity contribution in [3.05, 3.63) is 58.4 Å². The zero-order valence-corrected chi connectivity index (χ0v) is 18.5. The highest BCUT2D eigenvalue weighted by atomic mass is 35.5. The lowest BCUT2D eigenvalue weighted by molar-refractivity contribution is 0.231. The number of aliphatic hydroxyl groups is 1. The summed E-state index contributed by atoms with van der Waals surface area (Å²) in [5.41, 5.74) is 3.03. The second kappa shape index (κ2) is 8.93. The Morgan fingerprint density at radius 2 is 2.14 bits per heavy atom. The Bertz CT molecular complexity index is 887. The van der Waals surface area contributed by atoms with Gasteiger partial charge in [0.05, 0.1) is 16.8 Å². The molecule has 3 unspecified atom stereocenters. The Hall–Kier alpha value is -1.77. The molecule has 0 bridgehead atoms. The number of hydrogen-bond acceptors (Lipinski definition) is 6. The maximum atomic E-state index is 12.4. The number of pyridine rings is 1. The van der Waals surface area contributed by atoms with Gasteiger partial charge in [0.15, 0.2) is 0 Å². The number of fused-ring (bicyclic) bond motifs is 1. The molecule has 1 aliphatic rings. The molecule has 0 saturated carbocycles. The molecule has 8 heteroatoms. The first-order valence-corrected chi connectivity index (χ1v) is 10.9. The lowest BCUT2D eigenvalue weighted by atomic mass is 9.98. The third-order valence-electron chi connectivity index (χ3n) is 4.48. The minimum atomic E-state index is -1.25. The van der Waals surface area contributed by atoms with Gasteiger partial charge in [-0.3, -0.25) is 4.98 Å². The van der Waals surface area contributed by atoms with E-state index in [1.165, 1.54) is 0 Å². The normalized spacial score (nSPS) is 18.3. The third-order valence-corrected chi connectivity index (χ3v) is 6.45. The molecule has 2 heterocycles. The predicted octanol–water partition coefficient (Wildman–Crippen LogP) is 3.88. The number of hydrogen-bond donors (Lipinski definition) is 3. The number of benzene rings is 1. The summed E-state index contributed by atoms with van der Waals surface area (Å²) in [6.45, 7) is 7.86. The molecule has 29 heavy (non-hydrogen) atoms. The number of rotatable bonds is 6. The van der Waals surface area contributed by atoms with E-state index in [0.29, 0.717) is 28.6 Å². The van der Waals surface area contributed by atoms with Crippen LogP contribution in [0, 0.1) is 0 Å². The zero-order valence-electron chi connectivity index (χ0n) is 16.9. The average molecular weight is 436 g/mol. The molecule has 6 nitrogen and oxygen atoms in total. The number of nitrogens with zero attached hydrogens (tertiary/aromatic N) is 1. The standard InChI is InChI=1S/C21H26ClN3O3S/c1-13(25-29(27)21(2,3)4)16-9-14-10-17(22)19(11-18(14)24-20(16)26)28-12-15-7-5-6-8-23-15/h5-11,13,20,24-26H,12H2,1-4H3. The molecule has 1 aliphatic heterocycles. The second-order valence-corrected chi connectivity index (χ2v) is 10.3. The van der Waals surface area contributed by atoms with Crippen LogP contribution in [0.4, 0.5) is 5.69 Å².